The molecule has 24 heavy (non-hydrogen) atoms. The number of aryl methyl sites for hydroxylation is 2. The molecule has 124 valence electrons. The van der Waals surface area contributed by atoms with Crippen LogP contribution in [0, 0.1) is 6.92 Å². The van der Waals surface area contributed by atoms with Crippen molar-refractivity contribution >= 4 is 16.9 Å². The predicted octanol–water partition coefficient (Wildman–Crippen LogP) is 3.84. The molecule has 1 amide bonds. The van der Waals surface area contributed by atoms with E-state index in [0.717, 1.165) is 35.5 Å². The molecular formula is C19H21N3O2. The van der Waals surface area contributed by atoms with Gasteiger partial charge in [-0.05, 0) is 57.0 Å². The highest BCUT2D eigenvalue weighted by Crippen LogP contribution is 2.36. The van der Waals surface area contributed by atoms with Gasteiger partial charge in [-0.25, -0.2) is 4.98 Å². The third kappa shape index (κ3) is 2.40. The zero-order valence-electron chi connectivity index (χ0n) is 14.2. The fraction of sp³-hybridized carbons (Fsp3) is 0.368. The fourth-order valence-corrected chi connectivity index (χ4v) is 3.28. The second-order valence-corrected chi connectivity index (χ2v) is 6.56. The van der Waals surface area contributed by atoms with E-state index in [1.165, 1.54) is 0 Å². The maximum atomic E-state index is 13.1. The minimum Gasteiger partial charge on any atom is -0.467 e. The summed E-state index contributed by atoms with van der Waals surface area (Å²) in [6.07, 6.45) is 3.77. The van der Waals surface area contributed by atoms with Crippen molar-refractivity contribution in [2.24, 2.45) is 7.05 Å². The Morgan fingerprint density at radius 1 is 1.38 bits per heavy atom. The highest BCUT2D eigenvalue weighted by atomic mass is 16.3. The van der Waals surface area contributed by atoms with E-state index in [-0.39, 0.29) is 11.9 Å². The van der Waals surface area contributed by atoms with Crippen LogP contribution in [-0.2, 0) is 7.05 Å². The summed E-state index contributed by atoms with van der Waals surface area (Å²) >= 11 is 0. The topological polar surface area (TPSA) is 51.3 Å². The normalized spacial score (nSPS) is 15.6. The lowest BCUT2D eigenvalue weighted by molar-refractivity contribution is 0.0653. The van der Waals surface area contributed by atoms with E-state index in [0.29, 0.717) is 11.6 Å². The van der Waals surface area contributed by atoms with Gasteiger partial charge in [0.1, 0.15) is 11.6 Å². The van der Waals surface area contributed by atoms with Crippen molar-refractivity contribution in [1.29, 1.82) is 0 Å². The second kappa shape index (κ2) is 5.51. The summed E-state index contributed by atoms with van der Waals surface area (Å²) in [5, 5.41) is 0. The Morgan fingerprint density at radius 3 is 2.83 bits per heavy atom. The van der Waals surface area contributed by atoms with Crippen LogP contribution >= 0.6 is 0 Å². The van der Waals surface area contributed by atoms with Gasteiger partial charge in [-0.3, -0.25) is 4.79 Å². The number of nitrogens with zero attached hydrogens (tertiary/aromatic N) is 3. The van der Waals surface area contributed by atoms with E-state index in [9.17, 15) is 4.79 Å². The van der Waals surface area contributed by atoms with Gasteiger partial charge in [0.2, 0.25) is 0 Å². The number of rotatable bonds is 4. The molecule has 5 nitrogen and oxygen atoms in total. The first-order valence-electron chi connectivity index (χ1n) is 8.35. The van der Waals surface area contributed by atoms with Gasteiger partial charge in [-0.1, -0.05) is 0 Å². The van der Waals surface area contributed by atoms with Crippen molar-refractivity contribution in [3.05, 3.63) is 53.7 Å². The summed E-state index contributed by atoms with van der Waals surface area (Å²) in [5.41, 5.74) is 2.59. The molecule has 1 aliphatic carbocycles. The standard InChI is InChI=1S/C19H21N3O2/c1-12(18-5-4-10-24-18)22(15-7-8-15)19(23)14-6-9-17-16(11-14)20-13(2)21(17)3/h4-6,9-12,15H,7-8H2,1-3H3/t12-/m0/s1. The van der Waals surface area contributed by atoms with Crippen LogP contribution in [0.4, 0.5) is 0 Å². The van der Waals surface area contributed by atoms with E-state index < -0.39 is 0 Å². The molecule has 1 saturated carbocycles. The molecule has 0 unspecified atom stereocenters. The summed E-state index contributed by atoms with van der Waals surface area (Å²) in [5.74, 6) is 1.81. The van der Waals surface area contributed by atoms with Crippen LogP contribution in [0.2, 0.25) is 0 Å². The molecule has 0 aliphatic heterocycles. The van der Waals surface area contributed by atoms with Crippen LogP contribution in [0.5, 0.6) is 0 Å². The first-order valence-corrected chi connectivity index (χ1v) is 8.35. The molecule has 3 aromatic rings. The van der Waals surface area contributed by atoms with Gasteiger partial charge in [0.25, 0.3) is 5.91 Å². The molecule has 0 bridgehead atoms. The highest BCUT2D eigenvalue weighted by Gasteiger charge is 2.37. The minimum atomic E-state index is -0.0684. The average molecular weight is 323 g/mol. The van der Waals surface area contributed by atoms with Gasteiger partial charge in [0.05, 0.1) is 23.3 Å². The van der Waals surface area contributed by atoms with Gasteiger partial charge in [-0.2, -0.15) is 0 Å². The van der Waals surface area contributed by atoms with Crippen LogP contribution < -0.4 is 0 Å². The Labute approximate surface area is 140 Å². The molecule has 0 N–H and O–H groups in total. The largest absolute Gasteiger partial charge is 0.467 e. The molecule has 2 aromatic heterocycles. The number of carbonyl (C=O) groups excluding carboxylic acids is 1. The van der Waals surface area contributed by atoms with E-state index in [1.807, 2.05) is 60.7 Å². The highest BCUT2D eigenvalue weighted by molar-refractivity contribution is 5.98. The molecule has 0 spiro atoms. The molecule has 4 rings (SSSR count). The maximum Gasteiger partial charge on any atom is 0.254 e. The Kier molecular flexibility index (Phi) is 3.44. The molecule has 5 heteroatoms. The van der Waals surface area contributed by atoms with Gasteiger partial charge < -0.3 is 13.9 Å². The number of furan rings is 1. The zero-order valence-corrected chi connectivity index (χ0v) is 14.2. The lowest BCUT2D eigenvalue weighted by Gasteiger charge is -2.28. The van der Waals surface area contributed by atoms with Crippen LogP contribution in [-0.4, -0.2) is 26.4 Å². The molecule has 2 heterocycles. The number of hydrogen-bond donors (Lipinski definition) is 0. The summed E-state index contributed by atoms with van der Waals surface area (Å²) in [4.78, 5) is 19.6. The Bertz CT molecular complexity index is 891. The van der Waals surface area contributed by atoms with Gasteiger partial charge in [0.15, 0.2) is 0 Å². The monoisotopic (exact) mass is 323 g/mol. The van der Waals surface area contributed by atoms with E-state index in [4.69, 9.17) is 4.42 Å². The lowest BCUT2D eigenvalue weighted by atomic mass is 10.1. The Hall–Kier alpha value is -2.56. The molecule has 1 atom stereocenters. The van der Waals surface area contributed by atoms with E-state index >= 15 is 0 Å². The van der Waals surface area contributed by atoms with Crippen molar-refractivity contribution in [2.45, 2.75) is 38.8 Å². The third-order valence-corrected chi connectivity index (χ3v) is 4.90. The fourth-order valence-electron chi connectivity index (χ4n) is 3.28. The van der Waals surface area contributed by atoms with Crippen LogP contribution in [0.3, 0.4) is 0 Å². The molecule has 0 radical (unpaired) electrons. The number of carbonyl (C=O) groups is 1. The van der Waals surface area contributed by atoms with Crippen LogP contribution in [0.25, 0.3) is 11.0 Å². The summed E-state index contributed by atoms with van der Waals surface area (Å²) in [7, 11) is 1.99. The Morgan fingerprint density at radius 2 is 2.17 bits per heavy atom. The van der Waals surface area contributed by atoms with Crippen LogP contribution in [0.15, 0.2) is 41.0 Å². The zero-order chi connectivity index (χ0) is 16.8. The third-order valence-electron chi connectivity index (χ3n) is 4.90. The SMILES string of the molecule is Cc1nc2cc(C(=O)N(C3CC3)[C@@H](C)c3ccco3)ccc2n1C. The minimum absolute atomic E-state index is 0.0478. The van der Waals surface area contributed by atoms with E-state index in [1.54, 1.807) is 6.26 Å². The maximum absolute atomic E-state index is 13.1. The number of fused-ring (bicyclic) bond motifs is 1. The first-order chi connectivity index (χ1) is 11.6. The van der Waals surface area contributed by atoms with Crippen LogP contribution in [0.1, 0.15) is 47.7 Å². The van der Waals surface area contributed by atoms with Crippen molar-refractivity contribution < 1.29 is 9.21 Å². The number of benzene rings is 1. The lowest BCUT2D eigenvalue weighted by Crippen LogP contribution is -2.35. The van der Waals surface area contributed by atoms with E-state index in [2.05, 4.69) is 4.98 Å². The number of imidazole rings is 1. The van der Waals surface area contributed by atoms with Crippen molar-refractivity contribution in [3.8, 4) is 0 Å². The number of hydrogen-bond acceptors (Lipinski definition) is 3. The molecule has 1 aromatic carbocycles. The first kappa shape index (κ1) is 15.0. The van der Waals surface area contributed by atoms with Gasteiger partial charge >= 0.3 is 0 Å². The average Bonchev–Trinajstić information content (AvgIpc) is 3.16. The summed E-state index contributed by atoms with van der Waals surface area (Å²) in [6.45, 7) is 4.00. The van der Waals surface area contributed by atoms with Crippen molar-refractivity contribution in [3.63, 3.8) is 0 Å². The number of amides is 1. The molecule has 1 aliphatic rings. The second-order valence-electron chi connectivity index (χ2n) is 6.56. The van der Waals surface area contributed by atoms with Crippen molar-refractivity contribution in [1.82, 2.24) is 14.5 Å². The quantitative estimate of drug-likeness (QED) is 0.733. The predicted molar refractivity (Wildman–Crippen MR) is 91.8 cm³/mol. The smallest absolute Gasteiger partial charge is 0.254 e. The summed E-state index contributed by atoms with van der Waals surface area (Å²) < 4.78 is 7.56. The van der Waals surface area contributed by atoms with Gasteiger partial charge in [-0.15, -0.1) is 0 Å². The molecule has 0 saturated heterocycles. The summed E-state index contributed by atoms with van der Waals surface area (Å²) in [6, 6.07) is 9.80. The molecular weight excluding hydrogens is 302 g/mol. The van der Waals surface area contributed by atoms with Crippen molar-refractivity contribution in [2.75, 3.05) is 0 Å². The number of aromatic nitrogens is 2. The molecule has 1 fully saturated rings. The van der Waals surface area contributed by atoms with Gasteiger partial charge in [0, 0.05) is 18.7 Å². The Balaban J connectivity index is 1.70.